The number of carbonyl (C=O) groups is 1. The molecule has 0 saturated heterocycles. The van der Waals surface area contributed by atoms with Gasteiger partial charge in [0.2, 0.25) is 5.91 Å². The van der Waals surface area contributed by atoms with Gasteiger partial charge < -0.3 is 10.1 Å². The van der Waals surface area contributed by atoms with E-state index in [0.717, 1.165) is 15.9 Å². The molecule has 0 unspecified atom stereocenters. The number of nitrogens with one attached hydrogen (secondary N) is 1. The molecule has 150 valence electrons. The third-order valence-corrected chi connectivity index (χ3v) is 5.25. The number of ether oxygens (including phenoxy) is 1. The van der Waals surface area contributed by atoms with Gasteiger partial charge in [-0.1, -0.05) is 0 Å². The second-order valence-corrected chi connectivity index (χ2v) is 7.06. The zero-order valence-corrected chi connectivity index (χ0v) is 17.3. The largest absolute Gasteiger partial charge is 0.455 e. The van der Waals surface area contributed by atoms with Gasteiger partial charge in [0.05, 0.1) is 39.6 Å². The summed E-state index contributed by atoms with van der Waals surface area (Å²) in [5, 5.41) is 18.3. The number of nitro groups is 1. The smallest absolute Gasteiger partial charge is 0.275 e. The molecule has 0 atom stereocenters. The van der Waals surface area contributed by atoms with Crippen molar-refractivity contribution in [2.24, 2.45) is 0 Å². The zero-order chi connectivity index (χ0) is 21.0. The molecule has 0 aliphatic rings. The van der Waals surface area contributed by atoms with E-state index < -0.39 is 4.92 Å². The Kier molecular flexibility index (Phi) is 6.23. The third-order valence-electron chi connectivity index (χ3n) is 4.10. The number of aryl methyl sites for hydroxylation is 2. The molecule has 0 saturated carbocycles. The fraction of sp³-hybridized carbons (Fsp3) is 0.211. The average molecular weight is 460 g/mol. The fourth-order valence-corrected chi connectivity index (χ4v) is 2.97. The Hall–Kier alpha value is -3.27. The summed E-state index contributed by atoms with van der Waals surface area (Å²) < 4.78 is 8.27. The predicted octanol–water partition coefficient (Wildman–Crippen LogP) is 4.39. The van der Waals surface area contributed by atoms with Crippen molar-refractivity contribution in [2.45, 2.75) is 26.8 Å². The molecule has 2 aromatic heterocycles. The van der Waals surface area contributed by atoms with Crippen LogP contribution in [0.25, 0.3) is 0 Å². The number of nitro benzene ring substituents is 1. The molecule has 9 nitrogen and oxygen atoms in total. The first-order valence-corrected chi connectivity index (χ1v) is 9.49. The van der Waals surface area contributed by atoms with Crippen LogP contribution in [0.3, 0.4) is 0 Å². The van der Waals surface area contributed by atoms with Gasteiger partial charge in [0.15, 0.2) is 0 Å². The van der Waals surface area contributed by atoms with Crippen LogP contribution in [0.1, 0.15) is 17.8 Å². The molecule has 3 rings (SSSR count). The van der Waals surface area contributed by atoms with E-state index in [4.69, 9.17) is 4.74 Å². The third kappa shape index (κ3) is 5.17. The number of aromatic nitrogens is 3. The number of rotatable bonds is 7. The summed E-state index contributed by atoms with van der Waals surface area (Å²) in [6, 6.07) is 7.46. The van der Waals surface area contributed by atoms with Crippen molar-refractivity contribution in [3.05, 3.63) is 68.7 Å². The van der Waals surface area contributed by atoms with Crippen molar-refractivity contribution in [3.63, 3.8) is 0 Å². The van der Waals surface area contributed by atoms with Crippen LogP contribution < -0.4 is 10.1 Å². The molecule has 10 heteroatoms. The van der Waals surface area contributed by atoms with Crippen LogP contribution >= 0.6 is 15.9 Å². The maximum absolute atomic E-state index is 12.4. The molecule has 0 radical (unpaired) electrons. The number of anilines is 1. The molecule has 29 heavy (non-hydrogen) atoms. The molecule has 0 bridgehead atoms. The first-order valence-electron chi connectivity index (χ1n) is 8.70. The Morgan fingerprint density at radius 1 is 1.31 bits per heavy atom. The highest BCUT2D eigenvalue weighted by atomic mass is 79.9. The summed E-state index contributed by atoms with van der Waals surface area (Å²) in [6.07, 6.45) is 3.24. The van der Waals surface area contributed by atoms with Crippen LogP contribution in [0, 0.1) is 24.0 Å². The highest BCUT2D eigenvalue weighted by molar-refractivity contribution is 9.10. The average Bonchev–Trinajstić information content (AvgIpc) is 2.93. The number of carbonyl (C=O) groups excluding carboxylic acids is 1. The van der Waals surface area contributed by atoms with Crippen LogP contribution in [0.15, 0.2) is 47.2 Å². The van der Waals surface area contributed by atoms with Crippen molar-refractivity contribution < 1.29 is 14.5 Å². The minimum absolute atomic E-state index is 0.163. The number of hydrogen-bond acceptors (Lipinski definition) is 6. The number of pyridine rings is 1. The van der Waals surface area contributed by atoms with Gasteiger partial charge in [0.1, 0.15) is 11.5 Å². The molecule has 2 heterocycles. The molecule has 0 spiro atoms. The lowest BCUT2D eigenvalue weighted by molar-refractivity contribution is -0.384. The minimum atomic E-state index is -0.542. The summed E-state index contributed by atoms with van der Waals surface area (Å²) in [6.45, 7) is 4.17. The van der Waals surface area contributed by atoms with Crippen LogP contribution in [0.5, 0.6) is 11.5 Å². The second-order valence-electron chi connectivity index (χ2n) is 6.27. The van der Waals surface area contributed by atoms with E-state index in [-0.39, 0.29) is 29.5 Å². The van der Waals surface area contributed by atoms with Crippen molar-refractivity contribution in [2.75, 3.05) is 5.32 Å². The van der Waals surface area contributed by atoms with Crippen molar-refractivity contribution in [3.8, 4) is 11.5 Å². The zero-order valence-electron chi connectivity index (χ0n) is 15.8. The normalized spacial score (nSPS) is 10.6. The maximum atomic E-state index is 12.4. The van der Waals surface area contributed by atoms with Gasteiger partial charge in [0.25, 0.3) is 5.69 Å². The summed E-state index contributed by atoms with van der Waals surface area (Å²) in [4.78, 5) is 27.0. The van der Waals surface area contributed by atoms with Crippen molar-refractivity contribution in [1.29, 1.82) is 0 Å². The molecule has 1 aromatic carbocycles. The lowest BCUT2D eigenvalue weighted by atomic mass is 10.2. The number of amides is 1. The Balaban J connectivity index is 1.72. The van der Waals surface area contributed by atoms with Crippen LogP contribution in [0.4, 0.5) is 11.4 Å². The van der Waals surface area contributed by atoms with E-state index in [9.17, 15) is 14.9 Å². The number of benzene rings is 1. The van der Waals surface area contributed by atoms with Crippen molar-refractivity contribution >= 4 is 33.2 Å². The van der Waals surface area contributed by atoms with Gasteiger partial charge in [-0.05, 0) is 41.9 Å². The lowest BCUT2D eigenvalue weighted by Gasteiger charge is -2.10. The van der Waals surface area contributed by atoms with E-state index in [1.165, 1.54) is 24.4 Å². The summed E-state index contributed by atoms with van der Waals surface area (Å²) in [5.41, 5.74) is 1.86. The number of halogens is 1. The lowest BCUT2D eigenvalue weighted by Crippen LogP contribution is -2.15. The predicted molar refractivity (Wildman–Crippen MR) is 110 cm³/mol. The molecular formula is C19H18BrN5O4. The Morgan fingerprint density at radius 2 is 2.10 bits per heavy atom. The monoisotopic (exact) mass is 459 g/mol. The van der Waals surface area contributed by atoms with Crippen molar-refractivity contribution in [1.82, 2.24) is 14.8 Å². The first-order chi connectivity index (χ1) is 13.8. The van der Waals surface area contributed by atoms with Gasteiger partial charge in [-0.2, -0.15) is 5.10 Å². The number of hydrogen-bond donors (Lipinski definition) is 1. The Morgan fingerprint density at radius 3 is 2.72 bits per heavy atom. The fourth-order valence-electron chi connectivity index (χ4n) is 2.69. The molecule has 0 aliphatic heterocycles. The molecule has 0 aliphatic carbocycles. The first kappa shape index (κ1) is 20.5. The molecule has 1 N–H and O–H groups in total. The Labute approximate surface area is 175 Å². The van der Waals surface area contributed by atoms with E-state index in [1.807, 2.05) is 13.8 Å². The van der Waals surface area contributed by atoms with Gasteiger partial charge in [-0.25, -0.2) is 0 Å². The Bertz CT molecular complexity index is 1050. The topological polar surface area (TPSA) is 112 Å². The standard InChI is InChI=1S/C19H18BrN5O4/c1-12-19(20)13(2)24(23-12)7-5-18(26)22-14-8-15(25(27)28)10-17(9-14)29-16-4-3-6-21-11-16/h3-4,6,8-11H,5,7H2,1-2H3,(H,22,26). The van der Waals surface area contributed by atoms with Crippen LogP contribution in [-0.4, -0.2) is 25.6 Å². The van der Waals surface area contributed by atoms with Gasteiger partial charge in [-0.3, -0.25) is 24.6 Å². The highest BCUT2D eigenvalue weighted by Crippen LogP contribution is 2.29. The molecular weight excluding hydrogens is 442 g/mol. The van der Waals surface area contributed by atoms with Gasteiger partial charge in [-0.15, -0.1) is 0 Å². The van der Waals surface area contributed by atoms with Gasteiger partial charge in [0, 0.05) is 30.4 Å². The SMILES string of the molecule is Cc1nn(CCC(=O)Nc2cc(Oc3cccnc3)cc([N+](=O)[O-])c2)c(C)c1Br. The number of nitrogens with zero attached hydrogens (tertiary/aromatic N) is 4. The molecule has 0 fully saturated rings. The van der Waals surface area contributed by atoms with E-state index >= 15 is 0 Å². The molecule has 3 aromatic rings. The quantitative estimate of drug-likeness (QED) is 0.414. The van der Waals surface area contributed by atoms with Crippen LogP contribution in [-0.2, 0) is 11.3 Å². The summed E-state index contributed by atoms with van der Waals surface area (Å²) >= 11 is 3.45. The van der Waals surface area contributed by atoms with E-state index in [1.54, 1.807) is 23.0 Å². The van der Waals surface area contributed by atoms with Crippen LogP contribution in [0.2, 0.25) is 0 Å². The highest BCUT2D eigenvalue weighted by Gasteiger charge is 2.14. The summed E-state index contributed by atoms with van der Waals surface area (Å²) in [5.74, 6) is 0.367. The van der Waals surface area contributed by atoms with Gasteiger partial charge >= 0.3 is 0 Å². The number of non-ortho nitro benzene ring substituents is 1. The maximum Gasteiger partial charge on any atom is 0.275 e. The van der Waals surface area contributed by atoms with E-state index in [2.05, 4.69) is 31.3 Å². The minimum Gasteiger partial charge on any atom is -0.455 e. The second kappa shape index (κ2) is 8.82. The summed E-state index contributed by atoms with van der Waals surface area (Å²) in [7, 11) is 0. The molecule has 1 amide bonds. The van der Waals surface area contributed by atoms with E-state index in [0.29, 0.717) is 12.3 Å².